The van der Waals surface area contributed by atoms with E-state index < -0.39 is 65.0 Å². The first-order valence-corrected chi connectivity index (χ1v) is 10.1. The van der Waals surface area contributed by atoms with Gasteiger partial charge in [-0.25, -0.2) is 0 Å². The molecular formula is C21H10F17NO2. The Bertz CT molecular complexity index is 1240. The zero-order valence-electron chi connectivity index (χ0n) is 18.9. The summed E-state index contributed by atoms with van der Waals surface area (Å²) in [4.78, 5) is 11.8. The molecule has 0 spiro atoms. The number of anilines is 1. The fraction of sp³-hybridized carbons (Fsp3) is 0.381. The van der Waals surface area contributed by atoms with Gasteiger partial charge < -0.3 is 10.1 Å². The zero-order chi connectivity index (χ0) is 32.1. The summed E-state index contributed by atoms with van der Waals surface area (Å²) in [6.45, 7) is 0. The number of hydrogen-bond donors (Lipinski definition) is 1. The van der Waals surface area contributed by atoms with Crippen molar-refractivity contribution in [2.45, 2.75) is 47.6 Å². The predicted molar refractivity (Wildman–Crippen MR) is 102 cm³/mol. The summed E-state index contributed by atoms with van der Waals surface area (Å²) in [6, 6.07) is 9.96. The number of benzene rings is 2. The molecule has 0 saturated carbocycles. The second-order valence-electron chi connectivity index (χ2n) is 7.88. The van der Waals surface area contributed by atoms with Gasteiger partial charge >= 0.3 is 53.5 Å². The summed E-state index contributed by atoms with van der Waals surface area (Å²) in [6.07, 6.45) is -7.85. The molecule has 2 aromatic rings. The standard InChI is InChI=1S/C21H10F17NO2/c22-14(23,13(40)39-11-8-4-5-9-12(11)41-10-6-2-1-3-7-10)15(24,25)16(26,27)17(28,29)18(30,31)19(32,33)20(34,35)21(36,37)38/h1-9H,(H,39,40). The van der Waals surface area contributed by atoms with Crippen molar-refractivity contribution in [3.63, 3.8) is 0 Å². The number of carbonyl (C=O) groups is 1. The van der Waals surface area contributed by atoms with Gasteiger partial charge in [0.1, 0.15) is 5.75 Å². The number of amides is 1. The fourth-order valence-electron chi connectivity index (χ4n) is 2.78. The highest BCUT2D eigenvalue weighted by Crippen LogP contribution is 2.64. The lowest BCUT2D eigenvalue weighted by Crippen LogP contribution is -2.75. The van der Waals surface area contributed by atoms with Gasteiger partial charge in [0.15, 0.2) is 5.75 Å². The van der Waals surface area contributed by atoms with Gasteiger partial charge in [-0.1, -0.05) is 30.3 Å². The number of hydrogen-bond acceptors (Lipinski definition) is 2. The Morgan fingerprint density at radius 2 is 0.902 bits per heavy atom. The van der Waals surface area contributed by atoms with E-state index in [-0.39, 0.29) is 5.75 Å². The molecule has 41 heavy (non-hydrogen) atoms. The highest BCUT2D eigenvalue weighted by atomic mass is 19.4. The Morgan fingerprint density at radius 3 is 1.37 bits per heavy atom. The third kappa shape index (κ3) is 5.08. The molecule has 0 aliphatic carbocycles. The van der Waals surface area contributed by atoms with E-state index in [1.54, 1.807) is 0 Å². The van der Waals surface area contributed by atoms with E-state index in [1.165, 1.54) is 30.3 Å². The lowest BCUT2D eigenvalue weighted by molar-refractivity contribution is -0.459. The van der Waals surface area contributed by atoms with Crippen LogP contribution in [0.2, 0.25) is 0 Å². The SMILES string of the molecule is O=C(Nc1ccccc1Oc1ccccc1)C(F)(F)C(F)(F)C(F)(F)C(F)(F)C(F)(F)C(F)(F)C(F)(F)C(F)(F)F. The van der Waals surface area contributed by atoms with Gasteiger partial charge in [-0.15, -0.1) is 0 Å². The van der Waals surface area contributed by atoms with Crippen molar-refractivity contribution >= 4 is 11.6 Å². The van der Waals surface area contributed by atoms with Gasteiger partial charge in [-0.2, -0.15) is 74.6 Å². The molecule has 20 heteroatoms. The van der Waals surface area contributed by atoms with Crippen LogP contribution in [0.25, 0.3) is 0 Å². The Labute approximate surface area is 215 Å². The van der Waals surface area contributed by atoms with Crippen LogP contribution in [0, 0.1) is 0 Å². The maximum absolute atomic E-state index is 14.2. The van der Waals surface area contributed by atoms with Crippen molar-refractivity contribution in [3.05, 3.63) is 54.6 Å². The predicted octanol–water partition coefficient (Wildman–Crippen LogP) is 8.43. The number of rotatable bonds is 10. The number of para-hydroxylation sites is 3. The van der Waals surface area contributed by atoms with Crippen molar-refractivity contribution < 1.29 is 84.2 Å². The first-order chi connectivity index (χ1) is 18.2. The second kappa shape index (κ2) is 10.1. The van der Waals surface area contributed by atoms with Gasteiger partial charge in [0.2, 0.25) is 0 Å². The number of nitrogens with one attached hydrogen (secondary N) is 1. The van der Waals surface area contributed by atoms with E-state index in [1.807, 2.05) is 0 Å². The molecule has 0 heterocycles. The number of alkyl halides is 17. The third-order valence-electron chi connectivity index (χ3n) is 5.11. The lowest BCUT2D eigenvalue weighted by atomic mass is 9.89. The summed E-state index contributed by atoms with van der Waals surface area (Å²) in [7, 11) is 0. The number of halogens is 17. The highest BCUT2D eigenvalue weighted by molar-refractivity contribution is 5.98. The second-order valence-corrected chi connectivity index (χ2v) is 7.88. The van der Waals surface area contributed by atoms with E-state index in [4.69, 9.17) is 4.74 Å². The Hall–Kier alpha value is -3.48. The van der Waals surface area contributed by atoms with Crippen LogP contribution in [0.1, 0.15) is 0 Å². The molecule has 0 saturated heterocycles. The quantitative estimate of drug-likeness (QED) is 0.268. The molecule has 2 aromatic carbocycles. The van der Waals surface area contributed by atoms with Crippen molar-refractivity contribution in [3.8, 4) is 11.5 Å². The van der Waals surface area contributed by atoms with Crippen LogP contribution in [0.15, 0.2) is 54.6 Å². The molecule has 0 aliphatic heterocycles. The van der Waals surface area contributed by atoms with Crippen LogP contribution >= 0.6 is 0 Å². The van der Waals surface area contributed by atoms with Crippen LogP contribution in [-0.2, 0) is 4.79 Å². The molecule has 0 bridgehead atoms. The Kier molecular flexibility index (Phi) is 8.31. The molecule has 0 aromatic heterocycles. The first kappa shape index (κ1) is 33.7. The summed E-state index contributed by atoms with van der Waals surface area (Å²) >= 11 is 0. The molecule has 0 aliphatic rings. The van der Waals surface area contributed by atoms with Crippen LogP contribution in [0.5, 0.6) is 11.5 Å². The minimum absolute atomic E-state index is 0.115. The Balaban J connectivity index is 2.51. The summed E-state index contributed by atoms with van der Waals surface area (Å²) in [5.74, 6) is -62.9. The van der Waals surface area contributed by atoms with Crippen LogP contribution < -0.4 is 10.1 Å². The molecular weight excluding hydrogens is 621 g/mol. The van der Waals surface area contributed by atoms with Gasteiger partial charge in [0, 0.05) is 0 Å². The van der Waals surface area contributed by atoms with E-state index in [9.17, 15) is 79.4 Å². The molecule has 0 atom stereocenters. The van der Waals surface area contributed by atoms with Gasteiger partial charge in [0.25, 0.3) is 0 Å². The zero-order valence-corrected chi connectivity index (χ0v) is 18.9. The van der Waals surface area contributed by atoms with E-state index in [0.29, 0.717) is 6.07 Å². The molecule has 1 N–H and O–H groups in total. The minimum atomic E-state index is -8.78. The van der Waals surface area contributed by atoms with Crippen molar-refractivity contribution in [1.29, 1.82) is 0 Å². The molecule has 0 unspecified atom stereocenters. The fourth-order valence-corrected chi connectivity index (χ4v) is 2.78. The monoisotopic (exact) mass is 631 g/mol. The molecule has 230 valence electrons. The maximum Gasteiger partial charge on any atom is 0.460 e. The summed E-state index contributed by atoms with van der Waals surface area (Å²) in [5.41, 5.74) is -1.06. The topological polar surface area (TPSA) is 38.3 Å². The first-order valence-electron chi connectivity index (χ1n) is 10.1. The number of carbonyl (C=O) groups excluding carboxylic acids is 1. The summed E-state index contributed by atoms with van der Waals surface area (Å²) < 4.78 is 233. The maximum atomic E-state index is 14.2. The van der Waals surface area contributed by atoms with Gasteiger partial charge in [-0.05, 0) is 24.3 Å². The van der Waals surface area contributed by atoms with E-state index >= 15 is 0 Å². The van der Waals surface area contributed by atoms with Gasteiger partial charge in [-0.3, -0.25) is 4.79 Å². The molecule has 0 fully saturated rings. The van der Waals surface area contributed by atoms with E-state index in [0.717, 1.165) is 23.5 Å². The lowest BCUT2D eigenvalue weighted by Gasteiger charge is -2.42. The van der Waals surface area contributed by atoms with Crippen LogP contribution in [-0.4, -0.2) is 53.5 Å². The van der Waals surface area contributed by atoms with Crippen LogP contribution in [0.3, 0.4) is 0 Å². The number of ether oxygens (including phenoxy) is 1. The molecule has 0 radical (unpaired) electrons. The van der Waals surface area contributed by atoms with E-state index in [2.05, 4.69) is 0 Å². The average Bonchev–Trinajstić information content (AvgIpc) is 2.84. The van der Waals surface area contributed by atoms with Crippen molar-refractivity contribution in [2.24, 2.45) is 0 Å². The van der Waals surface area contributed by atoms with Crippen molar-refractivity contribution in [1.82, 2.24) is 0 Å². The normalized spacial score (nSPS) is 14.6. The van der Waals surface area contributed by atoms with Crippen molar-refractivity contribution in [2.75, 3.05) is 5.32 Å². The molecule has 3 nitrogen and oxygen atoms in total. The third-order valence-corrected chi connectivity index (χ3v) is 5.11. The minimum Gasteiger partial charge on any atom is -0.455 e. The van der Waals surface area contributed by atoms with Gasteiger partial charge in [0.05, 0.1) is 5.69 Å². The average molecular weight is 631 g/mol. The Morgan fingerprint density at radius 1 is 0.512 bits per heavy atom. The molecule has 2 rings (SSSR count). The molecule has 1 amide bonds. The largest absolute Gasteiger partial charge is 0.460 e. The van der Waals surface area contributed by atoms with Crippen LogP contribution in [0.4, 0.5) is 80.3 Å². The summed E-state index contributed by atoms with van der Waals surface area (Å²) in [5, 5.41) is 0.837. The smallest absolute Gasteiger partial charge is 0.455 e. The highest BCUT2D eigenvalue weighted by Gasteiger charge is 2.95.